The smallest absolute Gasteiger partial charge is 0.417 e. The number of thiocarbonyl (C=S) groups is 1. The molecule has 58 heavy (non-hydrogen) atoms. The number of benzene rings is 3. The van der Waals surface area contributed by atoms with Crippen LogP contribution in [0.4, 0.5) is 40.3 Å². The number of imide groups is 1. The fourth-order valence-electron chi connectivity index (χ4n) is 7.18. The molecule has 18 heteroatoms. The zero-order valence-corrected chi connectivity index (χ0v) is 32.6. The number of aryl methyl sites for hydroxylation is 1. The summed E-state index contributed by atoms with van der Waals surface area (Å²) in [6, 6.07) is 16.0. The van der Waals surface area contributed by atoms with Gasteiger partial charge < -0.3 is 20.3 Å². The number of nitriles is 1. The Balaban J connectivity index is 1.01. The number of halogens is 4. The Morgan fingerprint density at radius 2 is 1.71 bits per heavy atom. The summed E-state index contributed by atoms with van der Waals surface area (Å²) in [4.78, 5) is 56.9. The maximum atomic E-state index is 13.8. The Kier molecular flexibility index (Phi) is 12.6. The highest BCUT2D eigenvalue weighted by molar-refractivity contribution is 7.81. The van der Waals surface area contributed by atoms with E-state index >= 15 is 0 Å². The third-order valence-electron chi connectivity index (χ3n) is 10.2. The summed E-state index contributed by atoms with van der Waals surface area (Å²) in [5, 5.41) is 17.5. The van der Waals surface area contributed by atoms with Crippen LogP contribution in [0.5, 0.6) is 5.75 Å². The van der Waals surface area contributed by atoms with E-state index in [-0.39, 0.29) is 47.9 Å². The Morgan fingerprint density at radius 3 is 2.40 bits per heavy atom. The number of nitrogens with zero attached hydrogens (tertiary/aromatic N) is 5. The standard InChI is InChI=1S/C40H42F4N8O5S/c1-39(2)37(56)51(29-7-6-26(23-45)31(22-29)40(42,43)44)38(58)52(39)30-8-10-33(25(20-30)12-13-41)57-19-18-49-14-16-50(17-15-49)24-35(54)47-28-5-3-4-27(21-28)46-32-9-11-34(53)48-36(32)55/h3-8,10,20-22,32,46H,9,11-19,24H2,1-2H3,(H,47,54)(H,48,53,55). The molecule has 3 aliphatic heterocycles. The number of ether oxygens (including phenoxy) is 1. The van der Waals surface area contributed by atoms with Crippen LogP contribution in [0.2, 0.25) is 0 Å². The van der Waals surface area contributed by atoms with Gasteiger partial charge in [0, 0.05) is 62.6 Å². The van der Waals surface area contributed by atoms with Gasteiger partial charge in [-0.2, -0.15) is 18.4 Å². The van der Waals surface area contributed by atoms with Crippen molar-refractivity contribution in [2.24, 2.45) is 0 Å². The number of hydrogen-bond acceptors (Lipinski definition) is 10. The second-order valence-corrected chi connectivity index (χ2v) is 15.0. The molecule has 1 atom stereocenters. The molecule has 0 spiro atoms. The van der Waals surface area contributed by atoms with Gasteiger partial charge in [0.1, 0.15) is 23.9 Å². The Morgan fingerprint density at radius 1 is 1.00 bits per heavy atom. The predicted octanol–water partition coefficient (Wildman–Crippen LogP) is 4.86. The van der Waals surface area contributed by atoms with Gasteiger partial charge in [-0.05, 0) is 92.6 Å². The number of piperidine rings is 1. The van der Waals surface area contributed by atoms with Crippen molar-refractivity contribution in [3.63, 3.8) is 0 Å². The van der Waals surface area contributed by atoms with E-state index in [1.165, 1.54) is 17.0 Å². The first-order valence-corrected chi connectivity index (χ1v) is 19.1. The summed E-state index contributed by atoms with van der Waals surface area (Å²) in [6.45, 7) is 6.21. The lowest BCUT2D eigenvalue weighted by atomic mass is 10.0. The van der Waals surface area contributed by atoms with Gasteiger partial charge in [0.15, 0.2) is 5.11 Å². The van der Waals surface area contributed by atoms with Crippen molar-refractivity contribution in [1.82, 2.24) is 15.1 Å². The van der Waals surface area contributed by atoms with Crippen LogP contribution < -0.4 is 30.5 Å². The molecule has 0 saturated carbocycles. The van der Waals surface area contributed by atoms with Crippen LogP contribution in [0.15, 0.2) is 60.7 Å². The predicted molar refractivity (Wildman–Crippen MR) is 212 cm³/mol. The van der Waals surface area contributed by atoms with Crippen molar-refractivity contribution >= 4 is 63.7 Å². The van der Waals surface area contributed by atoms with Gasteiger partial charge >= 0.3 is 6.18 Å². The number of anilines is 4. The van der Waals surface area contributed by atoms with Crippen LogP contribution in [0.3, 0.4) is 0 Å². The molecule has 3 fully saturated rings. The molecule has 3 N–H and O–H groups in total. The van der Waals surface area contributed by atoms with Crippen LogP contribution in [-0.4, -0.2) is 103 Å². The second kappa shape index (κ2) is 17.5. The molecule has 3 aromatic rings. The number of hydrogen-bond donors (Lipinski definition) is 3. The van der Waals surface area contributed by atoms with Crippen LogP contribution in [0.25, 0.3) is 0 Å². The first kappa shape index (κ1) is 42.0. The molecule has 0 aromatic heterocycles. The van der Waals surface area contributed by atoms with E-state index < -0.39 is 41.5 Å². The molecule has 3 heterocycles. The number of rotatable bonds is 13. The molecular formula is C40H42F4N8O5S. The number of carbonyl (C=O) groups excluding carboxylic acids is 4. The molecule has 13 nitrogen and oxygen atoms in total. The van der Waals surface area contributed by atoms with E-state index in [2.05, 4.69) is 20.9 Å². The lowest BCUT2D eigenvalue weighted by Crippen LogP contribution is -2.49. The van der Waals surface area contributed by atoms with E-state index in [4.69, 9.17) is 17.0 Å². The molecule has 3 saturated heterocycles. The lowest BCUT2D eigenvalue weighted by molar-refractivity contribution is -0.138. The molecular weight excluding hydrogens is 781 g/mol. The third-order valence-corrected chi connectivity index (χ3v) is 10.6. The molecule has 0 bridgehead atoms. The van der Waals surface area contributed by atoms with Gasteiger partial charge in [-0.15, -0.1) is 0 Å². The summed E-state index contributed by atoms with van der Waals surface area (Å²) in [5.74, 6) is -0.986. The maximum absolute atomic E-state index is 13.8. The minimum atomic E-state index is -4.83. The van der Waals surface area contributed by atoms with E-state index in [1.54, 1.807) is 56.3 Å². The van der Waals surface area contributed by atoms with Gasteiger partial charge in [-0.25, -0.2) is 0 Å². The SMILES string of the molecule is CC1(C)C(=O)N(c2ccc(C#N)c(C(F)(F)F)c2)C(=S)N1c1ccc(OCCN2CCN(CC(=O)Nc3cccc(NC4CCC(=O)NC4=O)c3)CC2)c(CCF)c1. The molecule has 1 unspecified atom stereocenters. The highest BCUT2D eigenvalue weighted by Gasteiger charge is 2.51. The molecule has 3 aliphatic rings. The average molecular weight is 823 g/mol. The second-order valence-electron chi connectivity index (χ2n) is 14.6. The van der Waals surface area contributed by atoms with Gasteiger partial charge in [-0.1, -0.05) is 6.07 Å². The first-order valence-electron chi connectivity index (χ1n) is 18.7. The van der Waals surface area contributed by atoms with Crippen LogP contribution >= 0.6 is 12.2 Å². The van der Waals surface area contributed by atoms with E-state index in [0.29, 0.717) is 74.1 Å². The molecule has 4 amide bonds. The Labute approximate surface area is 337 Å². The van der Waals surface area contributed by atoms with Crippen molar-refractivity contribution in [2.75, 3.05) is 73.0 Å². The number of piperazine rings is 1. The Hall–Kier alpha value is -5.64. The topological polar surface area (TPSA) is 150 Å². The van der Waals surface area contributed by atoms with Crippen LogP contribution in [-0.2, 0) is 31.8 Å². The third kappa shape index (κ3) is 9.38. The summed E-state index contributed by atoms with van der Waals surface area (Å²) in [6.07, 6.45) is -4.19. The fourth-order valence-corrected chi connectivity index (χ4v) is 7.70. The number of carbonyl (C=O) groups is 4. The van der Waals surface area contributed by atoms with Crippen molar-refractivity contribution in [3.8, 4) is 11.8 Å². The van der Waals surface area contributed by atoms with Crippen molar-refractivity contribution in [1.29, 1.82) is 5.26 Å². The minimum absolute atomic E-state index is 0.00775. The summed E-state index contributed by atoms with van der Waals surface area (Å²) in [7, 11) is 0. The highest BCUT2D eigenvalue weighted by atomic mass is 32.1. The van der Waals surface area contributed by atoms with Crippen LogP contribution in [0.1, 0.15) is 43.4 Å². The van der Waals surface area contributed by atoms with E-state index in [0.717, 1.165) is 17.0 Å². The number of alkyl halides is 4. The molecule has 0 aliphatic carbocycles. The number of nitrogens with one attached hydrogen (secondary N) is 3. The molecule has 3 aromatic carbocycles. The van der Waals surface area contributed by atoms with Gasteiger partial charge in [0.05, 0.1) is 36.1 Å². The summed E-state index contributed by atoms with van der Waals surface area (Å²) in [5.41, 5.74) is -1.03. The fraction of sp³-hybridized carbons (Fsp3) is 0.400. The molecule has 6 rings (SSSR count). The van der Waals surface area contributed by atoms with Crippen molar-refractivity contribution < 1.29 is 41.5 Å². The van der Waals surface area contributed by atoms with Gasteiger partial charge in [0.2, 0.25) is 17.7 Å². The highest BCUT2D eigenvalue weighted by Crippen LogP contribution is 2.40. The van der Waals surface area contributed by atoms with Crippen LogP contribution in [0, 0.1) is 11.3 Å². The Bertz CT molecular complexity index is 2140. The van der Waals surface area contributed by atoms with Crippen molar-refractivity contribution in [2.45, 2.75) is 50.9 Å². The zero-order chi connectivity index (χ0) is 41.8. The van der Waals surface area contributed by atoms with E-state index in [9.17, 15) is 42.0 Å². The summed E-state index contributed by atoms with van der Waals surface area (Å²) >= 11 is 5.66. The first-order chi connectivity index (χ1) is 27.6. The molecule has 0 radical (unpaired) electrons. The summed E-state index contributed by atoms with van der Waals surface area (Å²) < 4.78 is 61.2. The largest absolute Gasteiger partial charge is 0.492 e. The van der Waals surface area contributed by atoms with Gasteiger partial charge in [-0.3, -0.25) is 43.6 Å². The lowest BCUT2D eigenvalue weighted by Gasteiger charge is -2.34. The maximum Gasteiger partial charge on any atom is 0.417 e. The monoisotopic (exact) mass is 822 g/mol. The van der Waals surface area contributed by atoms with Gasteiger partial charge in [0.25, 0.3) is 5.91 Å². The van der Waals surface area contributed by atoms with Crippen molar-refractivity contribution in [3.05, 3.63) is 77.4 Å². The number of amides is 4. The van der Waals surface area contributed by atoms with E-state index in [1.807, 2.05) is 4.90 Å². The molecule has 306 valence electrons. The average Bonchev–Trinajstić information content (AvgIpc) is 3.35. The zero-order valence-electron chi connectivity index (χ0n) is 31.8. The quantitative estimate of drug-likeness (QED) is 0.123. The minimum Gasteiger partial charge on any atom is -0.492 e. The normalized spacial score (nSPS) is 18.9.